The second kappa shape index (κ2) is 7.28. The first-order chi connectivity index (χ1) is 10.1. The van der Waals surface area contributed by atoms with Crippen molar-refractivity contribution in [3.05, 3.63) is 59.7 Å². The van der Waals surface area contributed by atoms with E-state index in [1.165, 1.54) is 22.5 Å². The summed E-state index contributed by atoms with van der Waals surface area (Å²) in [7, 11) is 0. The molecule has 21 heavy (non-hydrogen) atoms. The standard InChI is InChI=1S/C19H26N2/c1-4-17(20)14-16-9-11-18(12-10-16)21(5-2)19-8-6-7-15(3)13-19/h6-13,17H,4-5,14,20H2,1-3H3. The third kappa shape index (κ3) is 4.08. The molecule has 0 saturated carbocycles. The Balaban J connectivity index is 2.19. The van der Waals surface area contributed by atoms with Crippen LogP contribution in [0.1, 0.15) is 31.4 Å². The Morgan fingerprint density at radius 2 is 1.71 bits per heavy atom. The van der Waals surface area contributed by atoms with Gasteiger partial charge in [-0.05, 0) is 62.1 Å². The summed E-state index contributed by atoms with van der Waals surface area (Å²) in [6.45, 7) is 7.41. The Hall–Kier alpha value is -1.80. The number of benzene rings is 2. The minimum Gasteiger partial charge on any atom is -0.342 e. The van der Waals surface area contributed by atoms with Crippen LogP contribution in [0, 0.1) is 6.92 Å². The molecule has 1 atom stereocenters. The normalized spacial score (nSPS) is 12.2. The Morgan fingerprint density at radius 1 is 1.00 bits per heavy atom. The molecule has 0 radical (unpaired) electrons. The average molecular weight is 282 g/mol. The summed E-state index contributed by atoms with van der Waals surface area (Å²) in [5, 5.41) is 0. The van der Waals surface area contributed by atoms with E-state index in [9.17, 15) is 0 Å². The van der Waals surface area contributed by atoms with Gasteiger partial charge in [0.1, 0.15) is 0 Å². The maximum Gasteiger partial charge on any atom is 0.0413 e. The Labute approximate surface area is 128 Å². The highest BCUT2D eigenvalue weighted by atomic mass is 15.1. The molecule has 0 heterocycles. The van der Waals surface area contributed by atoms with E-state index in [1.807, 2.05) is 0 Å². The third-order valence-electron chi connectivity index (χ3n) is 3.90. The van der Waals surface area contributed by atoms with Gasteiger partial charge in [-0.2, -0.15) is 0 Å². The Bertz CT molecular complexity index is 560. The van der Waals surface area contributed by atoms with Crippen LogP contribution in [0.3, 0.4) is 0 Å². The molecule has 2 rings (SSSR count). The summed E-state index contributed by atoms with van der Waals surface area (Å²) < 4.78 is 0. The van der Waals surface area contributed by atoms with Crippen LogP contribution in [0.15, 0.2) is 48.5 Å². The van der Waals surface area contributed by atoms with Gasteiger partial charge in [0.2, 0.25) is 0 Å². The van der Waals surface area contributed by atoms with Crippen LogP contribution >= 0.6 is 0 Å². The van der Waals surface area contributed by atoms with Crippen LogP contribution in [0.5, 0.6) is 0 Å². The molecule has 0 spiro atoms. The van der Waals surface area contributed by atoms with Crippen molar-refractivity contribution < 1.29 is 0 Å². The topological polar surface area (TPSA) is 29.3 Å². The van der Waals surface area contributed by atoms with Crippen molar-refractivity contribution in [2.75, 3.05) is 11.4 Å². The molecular formula is C19H26N2. The van der Waals surface area contributed by atoms with Crippen molar-refractivity contribution in [2.24, 2.45) is 5.73 Å². The van der Waals surface area contributed by atoms with Crippen molar-refractivity contribution in [2.45, 2.75) is 39.7 Å². The van der Waals surface area contributed by atoms with Crippen LogP contribution in [-0.4, -0.2) is 12.6 Å². The minimum atomic E-state index is 0.259. The zero-order chi connectivity index (χ0) is 15.2. The van der Waals surface area contributed by atoms with Gasteiger partial charge < -0.3 is 10.6 Å². The number of hydrogen-bond acceptors (Lipinski definition) is 2. The first-order valence-corrected chi connectivity index (χ1v) is 7.82. The molecule has 2 aromatic carbocycles. The predicted octanol–water partition coefficient (Wildman–Crippen LogP) is 4.43. The number of aryl methyl sites for hydroxylation is 1. The van der Waals surface area contributed by atoms with E-state index in [0.717, 1.165) is 19.4 Å². The van der Waals surface area contributed by atoms with Crippen LogP contribution in [-0.2, 0) is 6.42 Å². The second-order valence-electron chi connectivity index (χ2n) is 5.62. The molecule has 0 fully saturated rings. The van der Waals surface area contributed by atoms with Crippen LogP contribution in [0.25, 0.3) is 0 Å². The summed E-state index contributed by atoms with van der Waals surface area (Å²) in [6, 6.07) is 17.7. The Morgan fingerprint density at radius 3 is 2.29 bits per heavy atom. The monoisotopic (exact) mass is 282 g/mol. The summed E-state index contributed by atoms with van der Waals surface area (Å²) in [5.41, 5.74) is 11.1. The predicted molar refractivity (Wildman–Crippen MR) is 92.3 cm³/mol. The third-order valence-corrected chi connectivity index (χ3v) is 3.90. The highest BCUT2D eigenvalue weighted by Gasteiger charge is 2.08. The highest BCUT2D eigenvalue weighted by Crippen LogP contribution is 2.26. The van der Waals surface area contributed by atoms with Gasteiger partial charge in [-0.1, -0.05) is 31.2 Å². The van der Waals surface area contributed by atoms with Gasteiger partial charge >= 0.3 is 0 Å². The van der Waals surface area contributed by atoms with E-state index in [4.69, 9.17) is 5.73 Å². The fourth-order valence-corrected chi connectivity index (χ4v) is 2.57. The highest BCUT2D eigenvalue weighted by molar-refractivity contribution is 5.63. The lowest BCUT2D eigenvalue weighted by Crippen LogP contribution is -2.21. The fraction of sp³-hybridized carbons (Fsp3) is 0.368. The average Bonchev–Trinajstić information content (AvgIpc) is 2.50. The zero-order valence-corrected chi connectivity index (χ0v) is 13.3. The van der Waals surface area contributed by atoms with E-state index in [2.05, 4.69) is 74.2 Å². The lowest BCUT2D eigenvalue weighted by atomic mass is 10.0. The second-order valence-corrected chi connectivity index (χ2v) is 5.62. The maximum absolute atomic E-state index is 6.03. The molecule has 0 aromatic heterocycles. The van der Waals surface area contributed by atoms with E-state index in [0.29, 0.717) is 0 Å². The van der Waals surface area contributed by atoms with Crippen molar-refractivity contribution in [3.63, 3.8) is 0 Å². The fourth-order valence-electron chi connectivity index (χ4n) is 2.57. The van der Waals surface area contributed by atoms with E-state index in [-0.39, 0.29) is 6.04 Å². The van der Waals surface area contributed by atoms with E-state index in [1.54, 1.807) is 0 Å². The van der Waals surface area contributed by atoms with Crippen molar-refractivity contribution >= 4 is 11.4 Å². The smallest absolute Gasteiger partial charge is 0.0413 e. The van der Waals surface area contributed by atoms with Gasteiger partial charge in [-0.3, -0.25) is 0 Å². The zero-order valence-electron chi connectivity index (χ0n) is 13.3. The van der Waals surface area contributed by atoms with E-state index < -0.39 is 0 Å². The molecule has 0 amide bonds. The molecule has 2 nitrogen and oxygen atoms in total. The number of nitrogens with two attached hydrogens (primary N) is 1. The van der Waals surface area contributed by atoms with Gasteiger partial charge in [0, 0.05) is 24.0 Å². The summed E-state index contributed by atoms with van der Waals surface area (Å²) in [4.78, 5) is 2.33. The van der Waals surface area contributed by atoms with Gasteiger partial charge in [0.25, 0.3) is 0 Å². The molecule has 0 aliphatic rings. The lowest BCUT2D eigenvalue weighted by Gasteiger charge is -2.24. The summed E-state index contributed by atoms with van der Waals surface area (Å²) in [5.74, 6) is 0. The first-order valence-electron chi connectivity index (χ1n) is 7.82. The molecule has 0 saturated heterocycles. The molecule has 112 valence electrons. The Kier molecular flexibility index (Phi) is 5.40. The molecular weight excluding hydrogens is 256 g/mol. The van der Waals surface area contributed by atoms with Gasteiger partial charge in [-0.15, -0.1) is 0 Å². The largest absolute Gasteiger partial charge is 0.342 e. The molecule has 1 unspecified atom stereocenters. The molecule has 2 heteroatoms. The number of anilines is 2. The summed E-state index contributed by atoms with van der Waals surface area (Å²) >= 11 is 0. The van der Waals surface area contributed by atoms with Gasteiger partial charge in [0.05, 0.1) is 0 Å². The molecule has 0 bridgehead atoms. The SMILES string of the molecule is CCC(N)Cc1ccc(N(CC)c2cccc(C)c2)cc1. The number of nitrogens with zero attached hydrogens (tertiary/aromatic N) is 1. The van der Waals surface area contributed by atoms with Crippen LogP contribution in [0.4, 0.5) is 11.4 Å². The van der Waals surface area contributed by atoms with Gasteiger partial charge in [-0.25, -0.2) is 0 Å². The molecule has 2 aromatic rings. The number of rotatable bonds is 6. The molecule has 2 N–H and O–H groups in total. The van der Waals surface area contributed by atoms with Crippen LogP contribution in [0.2, 0.25) is 0 Å². The van der Waals surface area contributed by atoms with Crippen molar-refractivity contribution in [1.29, 1.82) is 0 Å². The summed E-state index contributed by atoms with van der Waals surface area (Å²) in [6.07, 6.45) is 1.97. The quantitative estimate of drug-likeness (QED) is 0.849. The molecule has 0 aliphatic carbocycles. The van der Waals surface area contributed by atoms with E-state index >= 15 is 0 Å². The first kappa shape index (κ1) is 15.6. The maximum atomic E-state index is 6.03. The minimum absolute atomic E-state index is 0.259. The van der Waals surface area contributed by atoms with Crippen molar-refractivity contribution in [1.82, 2.24) is 0 Å². The van der Waals surface area contributed by atoms with Crippen molar-refractivity contribution in [3.8, 4) is 0 Å². The molecule has 0 aliphatic heterocycles. The number of hydrogen-bond donors (Lipinski definition) is 1. The van der Waals surface area contributed by atoms with Crippen LogP contribution < -0.4 is 10.6 Å². The van der Waals surface area contributed by atoms with Gasteiger partial charge in [0.15, 0.2) is 0 Å². The lowest BCUT2D eigenvalue weighted by molar-refractivity contribution is 0.646.